The van der Waals surface area contributed by atoms with E-state index in [1.807, 2.05) is 0 Å². The number of rotatable bonds is 4. The molecule has 0 radical (unpaired) electrons. The average Bonchev–Trinajstić information content (AvgIpc) is 2.03. The molecular formula is C10H15O6Zn-. The van der Waals surface area contributed by atoms with Crippen LogP contribution >= 0.6 is 0 Å². The maximum atomic E-state index is 9.83. The van der Waals surface area contributed by atoms with Gasteiger partial charge in [-0.15, -0.1) is 0 Å². The van der Waals surface area contributed by atoms with Crippen LogP contribution in [0.15, 0.2) is 0 Å². The molecule has 17 heavy (non-hydrogen) atoms. The molecule has 0 aromatic carbocycles. The van der Waals surface area contributed by atoms with Crippen LogP contribution in [0.4, 0.5) is 0 Å². The molecule has 0 N–H and O–H groups in total. The molecule has 0 heterocycles. The van der Waals surface area contributed by atoms with Crippen LogP contribution in [-0.4, -0.2) is 23.5 Å². The van der Waals surface area contributed by atoms with Gasteiger partial charge in [0.2, 0.25) is 0 Å². The maximum Gasteiger partial charge on any atom is 2.00 e. The van der Waals surface area contributed by atoms with E-state index in [1.165, 1.54) is 13.8 Å². The van der Waals surface area contributed by atoms with Crippen molar-refractivity contribution in [2.45, 2.75) is 33.6 Å². The summed E-state index contributed by atoms with van der Waals surface area (Å²) in [5.74, 6) is -3.37. The van der Waals surface area contributed by atoms with Crippen LogP contribution in [0.5, 0.6) is 0 Å². The molecule has 0 aromatic heterocycles. The van der Waals surface area contributed by atoms with E-state index in [-0.39, 0.29) is 31.0 Å². The van der Waals surface area contributed by atoms with Gasteiger partial charge < -0.3 is 26.7 Å². The Bertz CT molecular complexity index is 199. The number of carboxylic acids is 2. The van der Waals surface area contributed by atoms with E-state index in [2.05, 4.69) is 6.92 Å². The number of carbonyl (C=O) groups excluding carboxylic acids is 4. The molecule has 0 aliphatic heterocycles. The molecule has 0 bridgehead atoms. The third-order valence-corrected chi connectivity index (χ3v) is 0.787. The third-order valence-electron chi connectivity index (χ3n) is 0.787. The van der Waals surface area contributed by atoms with Crippen molar-refractivity contribution >= 4 is 23.5 Å². The molecule has 0 spiro atoms. The van der Waals surface area contributed by atoms with Crippen LogP contribution in [-0.2, 0) is 38.7 Å². The molecule has 6 nitrogen and oxygen atoms in total. The third kappa shape index (κ3) is 52.1. The van der Waals surface area contributed by atoms with Crippen LogP contribution in [0.1, 0.15) is 33.6 Å². The van der Waals surface area contributed by atoms with Gasteiger partial charge in [0.1, 0.15) is 11.6 Å². The Morgan fingerprint density at radius 2 is 1.00 bits per heavy atom. The first-order valence-corrected chi connectivity index (χ1v) is 4.35. The van der Waals surface area contributed by atoms with E-state index in [0.717, 1.165) is 0 Å². The van der Waals surface area contributed by atoms with Crippen molar-refractivity contribution in [1.29, 1.82) is 0 Å². The number of hydrogen-bond acceptors (Lipinski definition) is 6. The van der Waals surface area contributed by atoms with Gasteiger partial charge in [-0.25, -0.2) is 0 Å². The largest absolute Gasteiger partial charge is 2.00 e. The van der Waals surface area contributed by atoms with Crippen molar-refractivity contribution in [2.24, 2.45) is 0 Å². The molecule has 0 aliphatic rings. The fourth-order valence-corrected chi connectivity index (χ4v) is 0.407. The van der Waals surface area contributed by atoms with E-state index >= 15 is 0 Å². The van der Waals surface area contributed by atoms with Crippen molar-refractivity contribution < 1.29 is 48.9 Å². The van der Waals surface area contributed by atoms with E-state index in [0.29, 0.717) is 0 Å². The summed E-state index contributed by atoms with van der Waals surface area (Å²) in [5, 5.41) is 19.0. The molecular weight excluding hydrogens is 281 g/mol. The van der Waals surface area contributed by atoms with Crippen LogP contribution in [0.2, 0.25) is 0 Å². The molecule has 0 saturated carbocycles. The Kier molecular flexibility index (Phi) is 25.4. The minimum Gasteiger partial charge on any atom is -0.550 e. The van der Waals surface area contributed by atoms with E-state index in [4.69, 9.17) is 0 Å². The topological polar surface area (TPSA) is 114 Å². The fraction of sp³-hybridized carbons (Fsp3) is 0.500. The van der Waals surface area contributed by atoms with Gasteiger partial charge in [-0.05, 0) is 13.8 Å². The SMILES string of the molecule is CC(=O)CC(=O)[O-].CC(=O)CC(=O)[O-].[CH2-]C.[Zn+2]. The monoisotopic (exact) mass is 295 g/mol. The molecule has 0 atom stereocenters. The molecule has 0 aliphatic carbocycles. The van der Waals surface area contributed by atoms with E-state index in [9.17, 15) is 29.4 Å². The van der Waals surface area contributed by atoms with Crippen LogP contribution < -0.4 is 10.2 Å². The van der Waals surface area contributed by atoms with Crippen LogP contribution in [0.3, 0.4) is 0 Å². The van der Waals surface area contributed by atoms with Gasteiger partial charge in [-0.1, -0.05) is 0 Å². The summed E-state index contributed by atoms with van der Waals surface area (Å²) >= 11 is 0. The average molecular weight is 297 g/mol. The van der Waals surface area contributed by atoms with Crippen molar-refractivity contribution in [2.75, 3.05) is 0 Å². The Morgan fingerprint density at radius 3 is 1.00 bits per heavy atom. The summed E-state index contributed by atoms with van der Waals surface area (Å²) in [5.41, 5.74) is 0. The standard InChI is InChI=1S/2C4H6O3.C2H5.Zn/c2*1-3(5)2-4(6)7;1-2;/h2*2H2,1H3,(H,6,7);1H2,2H3;/q;;-1;+2/p-2. The number of aliphatic carboxylic acids is 2. The van der Waals surface area contributed by atoms with Crippen LogP contribution in [0.25, 0.3) is 0 Å². The van der Waals surface area contributed by atoms with E-state index < -0.39 is 24.8 Å². The summed E-state index contributed by atoms with van der Waals surface area (Å²) in [6, 6.07) is 0. The van der Waals surface area contributed by atoms with E-state index in [1.54, 1.807) is 6.92 Å². The molecule has 0 rings (SSSR count). The zero-order chi connectivity index (χ0) is 13.7. The quantitative estimate of drug-likeness (QED) is 0.346. The fourth-order valence-electron chi connectivity index (χ4n) is 0.407. The summed E-state index contributed by atoms with van der Waals surface area (Å²) in [4.78, 5) is 38.6. The Labute approximate surface area is 113 Å². The molecule has 94 valence electrons. The number of hydrogen-bond donors (Lipinski definition) is 0. The minimum absolute atomic E-state index is 0. The maximum absolute atomic E-state index is 9.83. The smallest absolute Gasteiger partial charge is 0.550 e. The predicted octanol–water partition coefficient (Wildman–Crippen LogP) is -1.73. The summed E-state index contributed by atoms with van der Waals surface area (Å²) in [6.07, 6.45) is -0.944. The number of Topliss-reactive ketones (excluding diaryl/α,β-unsaturated/α-hetero) is 2. The first kappa shape index (κ1) is 24.9. The second kappa shape index (κ2) is 17.3. The Balaban J connectivity index is -0.0000000823. The zero-order valence-corrected chi connectivity index (χ0v) is 13.2. The first-order chi connectivity index (χ1) is 7.25. The number of ketones is 2. The van der Waals surface area contributed by atoms with Gasteiger partial charge in [0.15, 0.2) is 0 Å². The van der Waals surface area contributed by atoms with Crippen molar-refractivity contribution in [3.05, 3.63) is 6.92 Å². The van der Waals surface area contributed by atoms with Gasteiger partial charge in [0, 0.05) is 24.8 Å². The molecule has 7 heteroatoms. The Hall–Kier alpha value is -1.10. The second-order valence-corrected chi connectivity index (χ2v) is 2.50. The predicted molar refractivity (Wildman–Crippen MR) is 51.6 cm³/mol. The summed E-state index contributed by atoms with van der Waals surface area (Å²) < 4.78 is 0. The molecule has 0 saturated heterocycles. The van der Waals surface area contributed by atoms with Crippen molar-refractivity contribution in [3.8, 4) is 0 Å². The molecule has 0 unspecified atom stereocenters. The van der Waals surface area contributed by atoms with Crippen molar-refractivity contribution in [3.63, 3.8) is 0 Å². The minimum atomic E-state index is -1.31. The summed E-state index contributed by atoms with van der Waals surface area (Å²) in [6.45, 7) is 7.41. The number of carboxylic acid groups (broad SMARTS) is 2. The second-order valence-electron chi connectivity index (χ2n) is 2.50. The van der Waals surface area contributed by atoms with Gasteiger partial charge in [-0.2, -0.15) is 6.92 Å². The molecule has 0 aromatic rings. The van der Waals surface area contributed by atoms with Gasteiger partial charge >= 0.3 is 19.5 Å². The van der Waals surface area contributed by atoms with Gasteiger partial charge in [-0.3, -0.25) is 9.59 Å². The molecule has 0 amide bonds. The zero-order valence-electron chi connectivity index (χ0n) is 10.3. The number of carbonyl (C=O) groups is 4. The van der Waals surface area contributed by atoms with Gasteiger partial charge in [0.25, 0.3) is 0 Å². The normalized spacial score (nSPS) is 7.06. The molecule has 0 fully saturated rings. The van der Waals surface area contributed by atoms with Crippen molar-refractivity contribution in [1.82, 2.24) is 0 Å². The first-order valence-electron chi connectivity index (χ1n) is 4.35. The van der Waals surface area contributed by atoms with Gasteiger partial charge in [0.05, 0.1) is 0 Å². The van der Waals surface area contributed by atoms with Crippen LogP contribution in [0, 0.1) is 6.92 Å². The summed E-state index contributed by atoms with van der Waals surface area (Å²) in [7, 11) is 0. The Morgan fingerprint density at radius 1 is 0.824 bits per heavy atom.